The third kappa shape index (κ3) is 2.32. The van der Waals surface area contributed by atoms with E-state index in [2.05, 4.69) is 23.2 Å². The average Bonchev–Trinajstić information content (AvgIpc) is 2.95. The predicted octanol–water partition coefficient (Wildman–Crippen LogP) is 4.25. The van der Waals surface area contributed by atoms with E-state index < -0.39 is 0 Å². The van der Waals surface area contributed by atoms with Gasteiger partial charge in [-0.25, -0.2) is 4.98 Å². The van der Waals surface area contributed by atoms with Gasteiger partial charge in [-0.05, 0) is 42.5 Å². The van der Waals surface area contributed by atoms with Crippen LogP contribution in [0.3, 0.4) is 0 Å². The topological polar surface area (TPSA) is 30.0 Å². The molecule has 0 saturated carbocycles. The summed E-state index contributed by atoms with van der Waals surface area (Å²) in [4.78, 5) is 16.6. The highest BCUT2D eigenvalue weighted by molar-refractivity contribution is 8.01. The van der Waals surface area contributed by atoms with Gasteiger partial charge in [0, 0.05) is 4.90 Å². The summed E-state index contributed by atoms with van der Waals surface area (Å²) in [6.45, 7) is 0. The second-order valence-corrected chi connectivity index (χ2v) is 6.85. The molecular formula is C13H10ClNOS2. The maximum Gasteiger partial charge on any atom is 0.163 e. The second-order valence-electron chi connectivity index (χ2n) is 4.14. The Morgan fingerprint density at radius 3 is 2.94 bits per heavy atom. The Bertz CT molecular complexity index is 609. The smallest absolute Gasteiger partial charge is 0.163 e. The predicted molar refractivity (Wildman–Crippen MR) is 75.1 cm³/mol. The molecule has 1 aliphatic rings. The van der Waals surface area contributed by atoms with Crippen molar-refractivity contribution in [3.05, 3.63) is 39.4 Å². The molecule has 1 heterocycles. The lowest BCUT2D eigenvalue weighted by Crippen LogP contribution is -1.82. The summed E-state index contributed by atoms with van der Waals surface area (Å²) in [5.41, 5.74) is 2.91. The number of nitrogens with zero attached hydrogens (tertiary/aromatic N) is 1. The summed E-state index contributed by atoms with van der Waals surface area (Å²) in [6.07, 6.45) is 4.37. The molecule has 0 radical (unpaired) electrons. The number of aldehydes is 1. The second kappa shape index (κ2) is 5.03. The molecule has 18 heavy (non-hydrogen) atoms. The number of aryl methyl sites for hydroxylation is 2. The third-order valence-electron chi connectivity index (χ3n) is 2.97. The summed E-state index contributed by atoms with van der Waals surface area (Å²) >= 11 is 8.77. The molecule has 0 unspecified atom stereocenters. The van der Waals surface area contributed by atoms with Gasteiger partial charge >= 0.3 is 0 Å². The number of thiazole rings is 1. The Balaban J connectivity index is 1.85. The highest BCUT2D eigenvalue weighted by atomic mass is 35.5. The first-order valence-corrected chi connectivity index (χ1v) is 7.68. The van der Waals surface area contributed by atoms with Crippen molar-refractivity contribution in [2.45, 2.75) is 28.5 Å². The molecule has 5 heteroatoms. The van der Waals surface area contributed by atoms with Crippen molar-refractivity contribution in [1.29, 1.82) is 0 Å². The summed E-state index contributed by atoms with van der Waals surface area (Å²) in [6, 6.07) is 6.54. The van der Waals surface area contributed by atoms with Gasteiger partial charge in [-0.1, -0.05) is 29.4 Å². The largest absolute Gasteiger partial charge is 0.297 e. The molecule has 1 aromatic carbocycles. The van der Waals surface area contributed by atoms with E-state index in [4.69, 9.17) is 11.6 Å². The highest BCUT2D eigenvalue weighted by Crippen LogP contribution is 2.36. The molecule has 0 aliphatic heterocycles. The first-order valence-electron chi connectivity index (χ1n) is 5.67. The molecule has 0 N–H and O–H groups in total. The van der Waals surface area contributed by atoms with Crippen LogP contribution in [0.15, 0.2) is 27.4 Å². The Kier molecular flexibility index (Phi) is 3.41. The molecule has 1 aliphatic carbocycles. The lowest BCUT2D eigenvalue weighted by atomic mass is 10.1. The van der Waals surface area contributed by atoms with E-state index in [1.807, 2.05) is 0 Å². The number of aromatic nitrogens is 1. The molecule has 92 valence electrons. The SMILES string of the molecule is O=Cc1sc(Sc2ccc3c(c2)CCC3)nc1Cl. The first kappa shape index (κ1) is 12.2. The zero-order valence-electron chi connectivity index (χ0n) is 9.48. The Morgan fingerprint density at radius 1 is 1.33 bits per heavy atom. The van der Waals surface area contributed by atoms with Gasteiger partial charge in [-0.3, -0.25) is 4.79 Å². The Morgan fingerprint density at radius 2 is 2.17 bits per heavy atom. The van der Waals surface area contributed by atoms with Crippen LogP contribution in [0.5, 0.6) is 0 Å². The fourth-order valence-corrected chi connectivity index (χ4v) is 4.37. The van der Waals surface area contributed by atoms with Crippen LogP contribution in [0.4, 0.5) is 0 Å². The molecule has 3 rings (SSSR count). The van der Waals surface area contributed by atoms with Crippen LogP contribution in [0, 0.1) is 0 Å². The summed E-state index contributed by atoms with van der Waals surface area (Å²) in [5.74, 6) is 0. The molecule has 2 nitrogen and oxygen atoms in total. The van der Waals surface area contributed by atoms with Crippen LogP contribution in [-0.2, 0) is 12.8 Å². The quantitative estimate of drug-likeness (QED) is 0.793. The minimum absolute atomic E-state index is 0.304. The average molecular weight is 296 g/mol. The first-order chi connectivity index (χ1) is 8.76. The molecule has 0 bridgehead atoms. The van der Waals surface area contributed by atoms with Crippen molar-refractivity contribution in [2.75, 3.05) is 0 Å². The van der Waals surface area contributed by atoms with E-state index in [9.17, 15) is 4.79 Å². The lowest BCUT2D eigenvalue weighted by Gasteiger charge is -2.02. The van der Waals surface area contributed by atoms with Crippen molar-refractivity contribution in [1.82, 2.24) is 4.98 Å². The van der Waals surface area contributed by atoms with Crippen LogP contribution >= 0.6 is 34.7 Å². The summed E-state index contributed by atoms with van der Waals surface area (Å²) < 4.78 is 0.819. The van der Waals surface area contributed by atoms with Gasteiger partial charge < -0.3 is 0 Å². The number of hydrogen-bond acceptors (Lipinski definition) is 4. The van der Waals surface area contributed by atoms with Crippen LogP contribution in [0.25, 0.3) is 0 Å². The number of carbonyl (C=O) groups excluding carboxylic acids is 1. The van der Waals surface area contributed by atoms with E-state index in [-0.39, 0.29) is 0 Å². The molecular weight excluding hydrogens is 286 g/mol. The van der Waals surface area contributed by atoms with Crippen LogP contribution in [0.1, 0.15) is 27.2 Å². The normalized spacial score (nSPS) is 13.6. The van der Waals surface area contributed by atoms with Crippen LogP contribution in [0.2, 0.25) is 5.15 Å². The summed E-state index contributed by atoms with van der Waals surface area (Å²) in [7, 11) is 0. The fourth-order valence-electron chi connectivity index (χ4n) is 2.12. The highest BCUT2D eigenvalue weighted by Gasteiger charge is 2.13. The van der Waals surface area contributed by atoms with E-state index >= 15 is 0 Å². The monoisotopic (exact) mass is 295 g/mol. The van der Waals surface area contributed by atoms with Crippen molar-refractivity contribution in [2.24, 2.45) is 0 Å². The lowest BCUT2D eigenvalue weighted by molar-refractivity contribution is 0.112. The molecule has 0 spiro atoms. The standard InChI is InChI=1S/C13H10ClNOS2/c14-12-11(7-16)18-13(15-12)17-10-5-4-8-2-1-3-9(8)6-10/h4-7H,1-3H2. The number of hydrogen-bond donors (Lipinski definition) is 0. The fraction of sp³-hybridized carbons (Fsp3) is 0.231. The zero-order chi connectivity index (χ0) is 12.5. The van der Waals surface area contributed by atoms with Crippen molar-refractivity contribution >= 4 is 41.0 Å². The molecule has 0 fully saturated rings. The summed E-state index contributed by atoms with van der Waals surface area (Å²) in [5, 5.41) is 0.304. The van der Waals surface area contributed by atoms with Gasteiger partial charge in [0.15, 0.2) is 15.8 Å². The van der Waals surface area contributed by atoms with Crippen molar-refractivity contribution in [3.63, 3.8) is 0 Å². The molecule has 0 saturated heterocycles. The molecule has 0 amide bonds. The van der Waals surface area contributed by atoms with Gasteiger partial charge in [0.2, 0.25) is 0 Å². The van der Waals surface area contributed by atoms with Gasteiger partial charge in [0.25, 0.3) is 0 Å². The minimum atomic E-state index is 0.304. The van der Waals surface area contributed by atoms with Crippen LogP contribution < -0.4 is 0 Å². The van der Waals surface area contributed by atoms with E-state index in [1.165, 1.54) is 46.6 Å². The van der Waals surface area contributed by atoms with E-state index in [1.54, 1.807) is 11.8 Å². The maximum atomic E-state index is 10.7. The Labute approximate surface area is 118 Å². The third-order valence-corrected chi connectivity index (χ3v) is 5.40. The Hall–Kier alpha value is -0.840. The minimum Gasteiger partial charge on any atom is -0.297 e. The number of carbonyl (C=O) groups is 1. The van der Waals surface area contributed by atoms with Crippen molar-refractivity contribution in [3.8, 4) is 0 Å². The van der Waals surface area contributed by atoms with Gasteiger partial charge in [-0.2, -0.15) is 0 Å². The van der Waals surface area contributed by atoms with E-state index in [0.29, 0.717) is 10.0 Å². The number of benzene rings is 1. The van der Waals surface area contributed by atoms with Crippen LogP contribution in [-0.4, -0.2) is 11.3 Å². The molecule has 0 atom stereocenters. The molecule has 1 aromatic heterocycles. The van der Waals surface area contributed by atoms with Gasteiger partial charge in [-0.15, -0.1) is 11.3 Å². The molecule has 2 aromatic rings. The van der Waals surface area contributed by atoms with Gasteiger partial charge in [0.1, 0.15) is 4.88 Å². The number of rotatable bonds is 3. The zero-order valence-corrected chi connectivity index (χ0v) is 11.9. The number of fused-ring (bicyclic) bond motifs is 1. The van der Waals surface area contributed by atoms with E-state index in [0.717, 1.165) is 10.6 Å². The maximum absolute atomic E-state index is 10.7. The number of halogens is 1. The van der Waals surface area contributed by atoms with Gasteiger partial charge in [0.05, 0.1) is 0 Å². The van der Waals surface area contributed by atoms with Crippen molar-refractivity contribution < 1.29 is 4.79 Å².